The number of carbonyl (C=O) groups is 2. The first-order chi connectivity index (χ1) is 8.78. The lowest BCUT2D eigenvalue weighted by molar-refractivity contribution is -0.156. The normalized spacial score (nSPS) is 11.2. The predicted octanol–water partition coefficient (Wildman–Crippen LogP) is 1.49. The Morgan fingerprint density at radius 3 is 2.58 bits per heavy atom. The van der Waals surface area contributed by atoms with Crippen molar-refractivity contribution >= 4 is 11.9 Å². The molecule has 0 saturated carbocycles. The van der Waals surface area contributed by atoms with Crippen LogP contribution in [0.25, 0.3) is 0 Å². The summed E-state index contributed by atoms with van der Waals surface area (Å²) in [7, 11) is 1.68. The first kappa shape index (κ1) is 15.2. The van der Waals surface area contributed by atoms with Gasteiger partial charge in [0.1, 0.15) is 11.4 Å². The van der Waals surface area contributed by atoms with E-state index in [2.05, 4.69) is 9.97 Å². The Morgan fingerprint density at radius 2 is 2.05 bits per heavy atom. The van der Waals surface area contributed by atoms with Crippen LogP contribution in [0.15, 0.2) is 12.4 Å². The zero-order chi connectivity index (χ0) is 14.5. The average Bonchev–Trinajstić information content (AvgIpc) is 2.76. The molecule has 6 heteroatoms. The minimum atomic E-state index is -0.514. The van der Waals surface area contributed by atoms with Gasteiger partial charge in [0.15, 0.2) is 0 Å². The molecule has 1 N–H and O–H groups in total. The molecule has 1 rings (SSSR count). The zero-order valence-corrected chi connectivity index (χ0v) is 11.9. The number of aromatic nitrogens is 2. The van der Waals surface area contributed by atoms with Crippen LogP contribution >= 0.6 is 0 Å². The van der Waals surface area contributed by atoms with E-state index < -0.39 is 5.60 Å². The highest BCUT2D eigenvalue weighted by molar-refractivity contribution is 5.81. The molecule has 19 heavy (non-hydrogen) atoms. The first-order valence-electron chi connectivity index (χ1n) is 6.22. The number of aromatic amines is 1. The van der Waals surface area contributed by atoms with Crippen LogP contribution in [-0.4, -0.2) is 39.4 Å². The topological polar surface area (TPSA) is 75.3 Å². The molecule has 0 aromatic carbocycles. The summed E-state index contributed by atoms with van der Waals surface area (Å²) >= 11 is 0. The highest BCUT2D eigenvalue weighted by Gasteiger charge is 2.18. The van der Waals surface area contributed by atoms with E-state index in [4.69, 9.17) is 4.74 Å². The van der Waals surface area contributed by atoms with Crippen molar-refractivity contribution in [3.05, 3.63) is 18.2 Å². The number of hydrogen-bond donors (Lipinski definition) is 1. The lowest BCUT2D eigenvalue weighted by Crippen LogP contribution is -2.28. The molecule has 0 aliphatic rings. The largest absolute Gasteiger partial charge is 0.460 e. The van der Waals surface area contributed by atoms with Gasteiger partial charge in [-0.1, -0.05) is 0 Å². The van der Waals surface area contributed by atoms with Crippen molar-refractivity contribution in [3.63, 3.8) is 0 Å². The van der Waals surface area contributed by atoms with Crippen LogP contribution in [0.3, 0.4) is 0 Å². The Bertz CT molecular complexity index is 421. The van der Waals surface area contributed by atoms with Crippen LogP contribution < -0.4 is 0 Å². The van der Waals surface area contributed by atoms with Gasteiger partial charge in [-0.2, -0.15) is 0 Å². The summed E-state index contributed by atoms with van der Waals surface area (Å²) in [5.74, 6) is 0.252. The second-order valence-corrected chi connectivity index (χ2v) is 5.37. The number of nitrogens with one attached hydrogen (secondary N) is 1. The minimum Gasteiger partial charge on any atom is -0.460 e. The minimum absolute atomic E-state index is 0.0958. The number of ether oxygens (including phenoxy) is 1. The van der Waals surface area contributed by atoms with Gasteiger partial charge in [-0.15, -0.1) is 0 Å². The molecule has 1 aromatic rings. The molecule has 0 atom stereocenters. The second-order valence-electron chi connectivity index (χ2n) is 5.37. The van der Waals surface area contributed by atoms with Gasteiger partial charge in [-0.05, 0) is 20.8 Å². The molecule has 0 bridgehead atoms. The molecule has 0 spiro atoms. The molecule has 1 amide bonds. The summed E-state index contributed by atoms with van der Waals surface area (Å²) in [6.07, 6.45) is 3.58. The molecule has 0 unspecified atom stereocenters. The molecule has 0 aliphatic heterocycles. The smallest absolute Gasteiger partial charge is 0.306 e. The Hall–Kier alpha value is -1.85. The summed E-state index contributed by atoms with van der Waals surface area (Å²) in [6.45, 7) is 5.81. The molecular formula is C13H21N3O3. The van der Waals surface area contributed by atoms with Crippen LogP contribution in [0.5, 0.6) is 0 Å². The highest BCUT2D eigenvalue weighted by atomic mass is 16.6. The van der Waals surface area contributed by atoms with Crippen LogP contribution in [-0.2, 0) is 20.9 Å². The van der Waals surface area contributed by atoms with E-state index in [1.54, 1.807) is 40.2 Å². The molecule has 0 aliphatic carbocycles. The van der Waals surface area contributed by atoms with Gasteiger partial charge in [0.25, 0.3) is 0 Å². The van der Waals surface area contributed by atoms with E-state index in [0.29, 0.717) is 12.4 Å². The van der Waals surface area contributed by atoms with Crippen molar-refractivity contribution < 1.29 is 14.3 Å². The Balaban J connectivity index is 2.32. The number of hydrogen-bond acceptors (Lipinski definition) is 4. The van der Waals surface area contributed by atoms with Crippen LogP contribution in [0.4, 0.5) is 0 Å². The van der Waals surface area contributed by atoms with Gasteiger partial charge in [0.05, 0.1) is 13.0 Å². The van der Waals surface area contributed by atoms with Gasteiger partial charge >= 0.3 is 5.97 Å². The Morgan fingerprint density at radius 1 is 1.37 bits per heavy atom. The third-order valence-electron chi connectivity index (χ3n) is 2.33. The number of H-pyrrole nitrogens is 1. The van der Waals surface area contributed by atoms with Gasteiger partial charge < -0.3 is 14.6 Å². The number of nitrogens with zero attached hydrogens (tertiary/aromatic N) is 2. The quantitative estimate of drug-likeness (QED) is 0.820. The predicted molar refractivity (Wildman–Crippen MR) is 70.1 cm³/mol. The van der Waals surface area contributed by atoms with Crippen molar-refractivity contribution in [3.8, 4) is 0 Å². The van der Waals surface area contributed by atoms with Crippen molar-refractivity contribution in [2.75, 3.05) is 7.05 Å². The van der Waals surface area contributed by atoms with Crippen LogP contribution in [0, 0.1) is 0 Å². The maximum absolute atomic E-state index is 11.8. The third kappa shape index (κ3) is 6.03. The number of rotatable bonds is 5. The zero-order valence-electron chi connectivity index (χ0n) is 11.9. The van der Waals surface area contributed by atoms with E-state index in [-0.39, 0.29) is 24.7 Å². The third-order valence-corrected chi connectivity index (χ3v) is 2.33. The van der Waals surface area contributed by atoms with E-state index >= 15 is 0 Å². The summed E-state index contributed by atoms with van der Waals surface area (Å²) in [5.41, 5.74) is -0.514. The van der Waals surface area contributed by atoms with E-state index in [0.717, 1.165) is 0 Å². The Labute approximate surface area is 113 Å². The molecule has 6 nitrogen and oxygen atoms in total. The summed E-state index contributed by atoms with van der Waals surface area (Å²) in [5, 5.41) is 0. The molecule has 1 aromatic heterocycles. The Kier molecular flexibility index (Phi) is 5.09. The van der Waals surface area contributed by atoms with Crippen molar-refractivity contribution in [2.24, 2.45) is 0 Å². The lowest BCUT2D eigenvalue weighted by atomic mass is 10.2. The summed E-state index contributed by atoms with van der Waals surface area (Å²) in [4.78, 5) is 31.8. The van der Waals surface area contributed by atoms with E-state index in [9.17, 15) is 9.59 Å². The van der Waals surface area contributed by atoms with Crippen LogP contribution in [0.2, 0.25) is 0 Å². The maximum atomic E-state index is 11.8. The van der Waals surface area contributed by atoms with Crippen molar-refractivity contribution in [2.45, 2.75) is 45.8 Å². The highest BCUT2D eigenvalue weighted by Crippen LogP contribution is 2.10. The maximum Gasteiger partial charge on any atom is 0.306 e. The van der Waals surface area contributed by atoms with Gasteiger partial charge in [0.2, 0.25) is 5.91 Å². The monoisotopic (exact) mass is 267 g/mol. The molecular weight excluding hydrogens is 246 g/mol. The van der Waals surface area contributed by atoms with Crippen molar-refractivity contribution in [1.82, 2.24) is 14.9 Å². The first-order valence-corrected chi connectivity index (χ1v) is 6.22. The summed E-state index contributed by atoms with van der Waals surface area (Å²) in [6, 6.07) is 0. The van der Waals surface area contributed by atoms with Crippen LogP contribution in [0.1, 0.15) is 39.4 Å². The second kappa shape index (κ2) is 6.36. The number of esters is 1. The number of carbonyl (C=O) groups excluding carboxylic acids is 2. The molecule has 106 valence electrons. The number of amides is 1. The number of imidazole rings is 1. The average molecular weight is 267 g/mol. The standard InChI is InChI=1S/C13H21N3O3/c1-13(2,3)19-12(18)6-5-11(17)16(4)9-10-14-7-8-15-10/h7-8H,5-6,9H2,1-4H3,(H,14,15). The molecule has 0 radical (unpaired) electrons. The van der Waals surface area contributed by atoms with Gasteiger partial charge in [0, 0.05) is 25.9 Å². The van der Waals surface area contributed by atoms with E-state index in [1.807, 2.05) is 0 Å². The van der Waals surface area contributed by atoms with Gasteiger partial charge in [-0.3, -0.25) is 9.59 Å². The fraction of sp³-hybridized carbons (Fsp3) is 0.615. The van der Waals surface area contributed by atoms with Gasteiger partial charge in [-0.25, -0.2) is 4.98 Å². The van der Waals surface area contributed by atoms with E-state index in [1.165, 1.54) is 4.90 Å². The molecule has 0 saturated heterocycles. The lowest BCUT2D eigenvalue weighted by Gasteiger charge is -2.20. The fourth-order valence-corrected chi connectivity index (χ4v) is 1.49. The fourth-order valence-electron chi connectivity index (χ4n) is 1.49. The molecule has 0 fully saturated rings. The van der Waals surface area contributed by atoms with Crippen molar-refractivity contribution in [1.29, 1.82) is 0 Å². The SMILES string of the molecule is CN(Cc1ncc[nH]1)C(=O)CCC(=O)OC(C)(C)C. The summed E-state index contributed by atoms with van der Waals surface area (Å²) < 4.78 is 5.15. The molecule has 1 heterocycles.